The van der Waals surface area contributed by atoms with Crippen molar-refractivity contribution in [1.29, 1.82) is 0 Å². The van der Waals surface area contributed by atoms with E-state index >= 15 is 0 Å². The van der Waals surface area contributed by atoms with Gasteiger partial charge in [0.05, 0.1) is 6.54 Å². The monoisotopic (exact) mass is 352 g/mol. The number of aliphatic imine (C=N–C) groups is 1. The van der Waals surface area contributed by atoms with E-state index in [2.05, 4.69) is 32.5 Å². The zero-order valence-corrected chi connectivity index (χ0v) is 13.6. The van der Waals surface area contributed by atoms with Crippen LogP contribution >= 0.6 is 0 Å². The highest BCUT2D eigenvalue weighted by Crippen LogP contribution is 2.27. The van der Waals surface area contributed by atoms with Gasteiger partial charge in [0.1, 0.15) is 5.69 Å². The highest BCUT2D eigenvalue weighted by Gasteiger charge is 2.32. The molecule has 6 nitrogen and oxygen atoms in total. The average Bonchev–Trinajstić information content (AvgIpc) is 2.59. The van der Waals surface area contributed by atoms with Gasteiger partial charge >= 0.3 is 6.18 Å². The Labute approximate surface area is 143 Å². The quantitative estimate of drug-likeness (QED) is 0.423. The van der Waals surface area contributed by atoms with E-state index < -0.39 is 11.9 Å². The Bertz CT molecular complexity index is 713. The van der Waals surface area contributed by atoms with Gasteiger partial charge in [0.15, 0.2) is 5.96 Å². The molecule has 2 rings (SSSR count). The van der Waals surface area contributed by atoms with Gasteiger partial charge in [0.2, 0.25) is 5.95 Å². The second kappa shape index (κ2) is 8.32. The summed E-state index contributed by atoms with van der Waals surface area (Å²) in [5, 5.41) is 5.62. The molecule has 9 heteroatoms. The van der Waals surface area contributed by atoms with Crippen LogP contribution in [0.2, 0.25) is 0 Å². The summed E-state index contributed by atoms with van der Waals surface area (Å²) in [5.41, 5.74) is 6.80. The fraction of sp³-hybridized carbons (Fsp3) is 0.312. The first-order valence-corrected chi connectivity index (χ1v) is 7.68. The minimum Gasteiger partial charge on any atom is -0.370 e. The number of hydrogen-bond acceptors (Lipinski definition) is 4. The Morgan fingerprint density at radius 1 is 1.20 bits per heavy atom. The van der Waals surface area contributed by atoms with E-state index in [1.165, 1.54) is 5.56 Å². The van der Waals surface area contributed by atoms with Gasteiger partial charge in [-0.1, -0.05) is 19.1 Å². The zero-order valence-electron chi connectivity index (χ0n) is 13.6. The van der Waals surface area contributed by atoms with Crippen molar-refractivity contribution in [3.05, 3.63) is 47.8 Å². The molecule has 1 aromatic heterocycles. The predicted molar refractivity (Wildman–Crippen MR) is 91.5 cm³/mol. The van der Waals surface area contributed by atoms with Gasteiger partial charge < -0.3 is 16.4 Å². The fourth-order valence-electron chi connectivity index (χ4n) is 1.96. The Kier molecular flexibility index (Phi) is 6.15. The van der Waals surface area contributed by atoms with E-state index in [4.69, 9.17) is 5.73 Å². The van der Waals surface area contributed by atoms with Gasteiger partial charge in [-0.2, -0.15) is 13.2 Å². The largest absolute Gasteiger partial charge is 0.433 e. The van der Waals surface area contributed by atoms with Crippen molar-refractivity contribution in [2.45, 2.75) is 19.5 Å². The maximum absolute atomic E-state index is 12.6. The summed E-state index contributed by atoms with van der Waals surface area (Å²) in [6.07, 6.45) is -2.50. The SMILES string of the molecule is CCc1ccc(NC(N)=NCCNc2nccc(C(F)(F)F)n2)cc1. The highest BCUT2D eigenvalue weighted by molar-refractivity contribution is 5.92. The second-order valence-electron chi connectivity index (χ2n) is 5.13. The summed E-state index contributed by atoms with van der Waals surface area (Å²) in [4.78, 5) is 11.2. The Balaban J connectivity index is 1.82. The van der Waals surface area contributed by atoms with Crippen LogP contribution in [0.5, 0.6) is 0 Å². The Morgan fingerprint density at radius 3 is 2.56 bits per heavy atom. The number of halogens is 3. The molecule has 1 heterocycles. The molecule has 0 bridgehead atoms. The number of rotatable bonds is 6. The number of nitrogens with two attached hydrogens (primary N) is 1. The first-order valence-electron chi connectivity index (χ1n) is 7.68. The third-order valence-corrected chi connectivity index (χ3v) is 3.26. The normalized spacial score (nSPS) is 12.1. The maximum atomic E-state index is 12.6. The average molecular weight is 352 g/mol. The fourth-order valence-corrected chi connectivity index (χ4v) is 1.96. The number of nitrogens with zero attached hydrogens (tertiary/aromatic N) is 3. The van der Waals surface area contributed by atoms with Crippen LogP contribution in [0.3, 0.4) is 0 Å². The second-order valence-corrected chi connectivity index (χ2v) is 5.13. The molecule has 1 aromatic carbocycles. The Morgan fingerprint density at radius 2 is 1.92 bits per heavy atom. The molecule has 25 heavy (non-hydrogen) atoms. The lowest BCUT2D eigenvalue weighted by molar-refractivity contribution is -0.141. The van der Waals surface area contributed by atoms with Crippen LogP contribution in [0.15, 0.2) is 41.5 Å². The summed E-state index contributed by atoms with van der Waals surface area (Å²) in [7, 11) is 0. The van der Waals surface area contributed by atoms with E-state index in [9.17, 15) is 13.2 Å². The van der Waals surface area contributed by atoms with Crippen molar-refractivity contribution >= 4 is 17.6 Å². The number of benzene rings is 1. The van der Waals surface area contributed by atoms with E-state index in [0.29, 0.717) is 0 Å². The molecule has 0 spiro atoms. The summed E-state index contributed by atoms with van der Waals surface area (Å²) in [5.74, 6) is 0.114. The molecule has 0 aliphatic rings. The molecular weight excluding hydrogens is 333 g/mol. The number of alkyl halides is 3. The summed E-state index contributed by atoms with van der Waals surface area (Å²) < 4.78 is 37.7. The molecule has 2 aromatic rings. The van der Waals surface area contributed by atoms with Crippen LogP contribution in [0.25, 0.3) is 0 Å². The highest BCUT2D eigenvalue weighted by atomic mass is 19.4. The first kappa shape index (κ1) is 18.5. The number of hydrogen-bond donors (Lipinski definition) is 3. The van der Waals surface area contributed by atoms with Crippen molar-refractivity contribution in [2.24, 2.45) is 10.7 Å². The smallest absolute Gasteiger partial charge is 0.370 e. The number of aromatic nitrogens is 2. The van der Waals surface area contributed by atoms with E-state index in [0.717, 1.165) is 24.4 Å². The van der Waals surface area contributed by atoms with Crippen LogP contribution in [-0.4, -0.2) is 29.0 Å². The molecule has 0 radical (unpaired) electrons. The number of aryl methyl sites for hydroxylation is 1. The van der Waals surface area contributed by atoms with Crippen molar-refractivity contribution in [3.63, 3.8) is 0 Å². The standard InChI is InChI=1S/C16H19F3N6/c1-2-11-3-5-12(6-4-11)24-14(20)21-9-10-23-15-22-8-7-13(25-15)16(17,18)19/h3-8H,2,9-10H2,1H3,(H3,20,21,24)(H,22,23,25). The van der Waals surface area contributed by atoms with Gasteiger partial charge in [-0.15, -0.1) is 0 Å². The van der Waals surface area contributed by atoms with Crippen LogP contribution in [0.4, 0.5) is 24.8 Å². The molecule has 0 aliphatic carbocycles. The summed E-state index contributed by atoms with van der Waals surface area (Å²) >= 11 is 0. The lowest BCUT2D eigenvalue weighted by Gasteiger charge is -2.08. The molecule has 0 unspecified atom stereocenters. The molecule has 0 amide bonds. The van der Waals surface area contributed by atoms with Crippen LogP contribution in [-0.2, 0) is 12.6 Å². The Hall–Kier alpha value is -2.84. The van der Waals surface area contributed by atoms with E-state index in [1.54, 1.807) is 0 Å². The molecule has 0 aliphatic heterocycles. The van der Waals surface area contributed by atoms with Crippen molar-refractivity contribution in [3.8, 4) is 0 Å². The molecule has 134 valence electrons. The van der Waals surface area contributed by atoms with Crippen molar-refractivity contribution < 1.29 is 13.2 Å². The van der Waals surface area contributed by atoms with Gasteiger partial charge in [0.25, 0.3) is 0 Å². The van der Waals surface area contributed by atoms with Crippen LogP contribution in [0.1, 0.15) is 18.2 Å². The molecule has 0 saturated carbocycles. The number of anilines is 2. The zero-order chi connectivity index (χ0) is 18.3. The topological polar surface area (TPSA) is 88.2 Å². The van der Waals surface area contributed by atoms with Gasteiger partial charge in [0, 0.05) is 18.4 Å². The van der Waals surface area contributed by atoms with E-state index in [1.807, 2.05) is 24.3 Å². The molecule has 4 N–H and O–H groups in total. The summed E-state index contributed by atoms with van der Waals surface area (Å²) in [6, 6.07) is 8.59. The third-order valence-electron chi connectivity index (χ3n) is 3.26. The maximum Gasteiger partial charge on any atom is 0.433 e. The van der Waals surface area contributed by atoms with E-state index in [-0.39, 0.29) is 25.0 Å². The van der Waals surface area contributed by atoms with Crippen molar-refractivity contribution in [1.82, 2.24) is 9.97 Å². The molecular formula is C16H19F3N6. The lowest BCUT2D eigenvalue weighted by atomic mass is 10.1. The van der Waals surface area contributed by atoms with Crippen LogP contribution < -0.4 is 16.4 Å². The molecule has 0 saturated heterocycles. The van der Waals surface area contributed by atoms with Gasteiger partial charge in [-0.3, -0.25) is 4.99 Å². The minimum atomic E-state index is -4.50. The number of nitrogens with one attached hydrogen (secondary N) is 2. The van der Waals surface area contributed by atoms with Crippen molar-refractivity contribution in [2.75, 3.05) is 23.7 Å². The first-order chi connectivity index (χ1) is 11.9. The number of guanidine groups is 1. The summed E-state index contributed by atoms with van der Waals surface area (Å²) in [6.45, 7) is 2.57. The minimum absolute atomic E-state index is 0.105. The third kappa shape index (κ3) is 5.94. The lowest BCUT2D eigenvalue weighted by Crippen LogP contribution is -2.24. The predicted octanol–water partition coefficient (Wildman–Crippen LogP) is 2.90. The molecule has 0 atom stereocenters. The molecule has 0 fully saturated rings. The van der Waals surface area contributed by atoms with Gasteiger partial charge in [-0.25, -0.2) is 9.97 Å². The van der Waals surface area contributed by atoms with Gasteiger partial charge in [-0.05, 0) is 30.2 Å². The van der Waals surface area contributed by atoms with Crippen LogP contribution in [0, 0.1) is 0 Å².